The third kappa shape index (κ3) is 3.54. The zero-order valence-electron chi connectivity index (χ0n) is 12.2. The summed E-state index contributed by atoms with van der Waals surface area (Å²) in [6.07, 6.45) is -2.86. The number of hydrogen-bond donors (Lipinski definition) is 2. The van der Waals surface area contributed by atoms with Crippen molar-refractivity contribution in [3.63, 3.8) is 0 Å². The second-order valence-corrected chi connectivity index (χ2v) is 5.75. The number of rotatable bonds is 3. The van der Waals surface area contributed by atoms with Crippen LogP contribution in [0.1, 0.15) is 11.1 Å². The average molecular weight is 353 g/mol. The van der Waals surface area contributed by atoms with Gasteiger partial charge in [-0.3, -0.25) is 4.79 Å². The molecule has 3 rings (SSSR count). The van der Waals surface area contributed by atoms with Gasteiger partial charge in [-0.05, 0) is 41.3 Å². The molecule has 0 bridgehead atoms. The van der Waals surface area contributed by atoms with Crippen molar-refractivity contribution in [3.05, 3.63) is 64.8 Å². The van der Waals surface area contributed by atoms with E-state index in [4.69, 9.17) is 11.6 Å². The van der Waals surface area contributed by atoms with Crippen LogP contribution in [-0.4, -0.2) is 10.9 Å². The first-order chi connectivity index (χ1) is 11.3. The lowest BCUT2D eigenvalue weighted by Crippen LogP contribution is -2.18. The Morgan fingerprint density at radius 1 is 1.12 bits per heavy atom. The van der Waals surface area contributed by atoms with E-state index in [9.17, 15) is 18.0 Å². The lowest BCUT2D eigenvalue weighted by atomic mass is 10.1. The van der Waals surface area contributed by atoms with Gasteiger partial charge in [0.1, 0.15) is 0 Å². The monoisotopic (exact) mass is 352 g/mol. The molecule has 124 valence electrons. The molecule has 2 N–H and O–H groups in total. The van der Waals surface area contributed by atoms with Crippen molar-refractivity contribution in [2.24, 2.45) is 0 Å². The number of H-pyrrole nitrogens is 1. The average Bonchev–Trinajstić information content (AvgIpc) is 2.95. The van der Waals surface area contributed by atoms with Gasteiger partial charge in [-0.25, -0.2) is 0 Å². The number of carbonyl (C=O) groups is 1. The second kappa shape index (κ2) is 6.20. The highest BCUT2D eigenvalue weighted by Gasteiger charge is 2.34. The van der Waals surface area contributed by atoms with Gasteiger partial charge in [-0.1, -0.05) is 23.7 Å². The Kier molecular flexibility index (Phi) is 4.24. The fraction of sp³-hybridized carbons (Fsp3) is 0.118. The lowest BCUT2D eigenvalue weighted by molar-refractivity contribution is -0.137. The molecule has 0 aliphatic heterocycles. The number of nitrogens with one attached hydrogen (secondary N) is 2. The van der Waals surface area contributed by atoms with E-state index in [1.54, 1.807) is 18.3 Å². The van der Waals surface area contributed by atoms with Crippen molar-refractivity contribution in [1.82, 2.24) is 4.98 Å². The molecule has 0 fully saturated rings. The molecule has 0 aliphatic carbocycles. The number of hydrogen-bond acceptors (Lipinski definition) is 1. The van der Waals surface area contributed by atoms with Crippen molar-refractivity contribution in [3.8, 4) is 0 Å². The largest absolute Gasteiger partial charge is 0.418 e. The van der Waals surface area contributed by atoms with Gasteiger partial charge in [0.05, 0.1) is 17.7 Å². The number of benzene rings is 2. The second-order valence-electron chi connectivity index (χ2n) is 5.31. The number of anilines is 1. The van der Waals surface area contributed by atoms with E-state index in [0.29, 0.717) is 5.56 Å². The highest BCUT2D eigenvalue weighted by atomic mass is 35.5. The topological polar surface area (TPSA) is 44.9 Å². The van der Waals surface area contributed by atoms with Crippen LogP contribution in [0.25, 0.3) is 10.9 Å². The van der Waals surface area contributed by atoms with Gasteiger partial charge in [-0.15, -0.1) is 0 Å². The minimum atomic E-state index is -4.60. The molecule has 0 unspecified atom stereocenters. The van der Waals surface area contributed by atoms with Gasteiger partial charge in [0.25, 0.3) is 0 Å². The van der Waals surface area contributed by atoms with E-state index in [0.717, 1.165) is 23.0 Å². The highest BCUT2D eigenvalue weighted by molar-refractivity contribution is 6.30. The molecule has 0 aliphatic rings. The minimum absolute atomic E-state index is 0.0329. The van der Waals surface area contributed by atoms with Crippen LogP contribution in [0, 0.1) is 0 Å². The molecule has 7 heteroatoms. The number of aromatic amines is 1. The quantitative estimate of drug-likeness (QED) is 0.683. The van der Waals surface area contributed by atoms with Gasteiger partial charge < -0.3 is 10.3 Å². The number of carbonyl (C=O) groups excluding carboxylic acids is 1. The summed E-state index contributed by atoms with van der Waals surface area (Å²) >= 11 is 5.62. The summed E-state index contributed by atoms with van der Waals surface area (Å²) in [7, 11) is 0. The normalized spacial score (nSPS) is 11.7. The van der Waals surface area contributed by atoms with E-state index >= 15 is 0 Å². The highest BCUT2D eigenvalue weighted by Crippen LogP contribution is 2.36. The Balaban J connectivity index is 1.79. The third-order valence-electron chi connectivity index (χ3n) is 3.55. The van der Waals surface area contributed by atoms with Gasteiger partial charge in [0.15, 0.2) is 0 Å². The summed E-state index contributed by atoms with van der Waals surface area (Å²) in [6.45, 7) is 0. The zero-order valence-corrected chi connectivity index (χ0v) is 13.0. The number of halogens is 4. The van der Waals surface area contributed by atoms with E-state index in [2.05, 4.69) is 10.3 Å². The summed E-state index contributed by atoms with van der Waals surface area (Å²) in [5, 5.41) is 3.26. The zero-order chi connectivity index (χ0) is 17.3. The number of fused-ring (bicyclic) bond motifs is 1. The first-order valence-electron chi connectivity index (χ1n) is 7.05. The van der Waals surface area contributed by atoms with E-state index in [1.807, 2.05) is 12.1 Å². The summed E-state index contributed by atoms with van der Waals surface area (Å²) in [4.78, 5) is 15.1. The van der Waals surface area contributed by atoms with Crippen LogP contribution in [0.4, 0.5) is 18.9 Å². The summed E-state index contributed by atoms with van der Waals surface area (Å²) in [5.41, 5.74) is 0.286. The Morgan fingerprint density at radius 3 is 2.67 bits per heavy atom. The summed E-state index contributed by atoms with van der Waals surface area (Å²) in [5.74, 6) is -0.534. The Hall–Kier alpha value is -2.47. The van der Waals surface area contributed by atoms with E-state index in [-0.39, 0.29) is 17.1 Å². The molecule has 3 aromatic rings. The predicted octanol–water partition coefficient (Wildman–Crippen LogP) is 5.02. The number of alkyl halides is 3. The molecule has 0 saturated carbocycles. The molecule has 0 spiro atoms. The SMILES string of the molecule is O=C(Cc1ccc2cc[nH]c2c1)Nc1ccc(Cl)cc1C(F)(F)F. The van der Waals surface area contributed by atoms with Crippen molar-refractivity contribution in [2.75, 3.05) is 5.32 Å². The molecule has 0 saturated heterocycles. The van der Waals surface area contributed by atoms with Gasteiger partial charge in [0, 0.05) is 16.7 Å². The van der Waals surface area contributed by atoms with Crippen LogP contribution in [0.2, 0.25) is 5.02 Å². The van der Waals surface area contributed by atoms with Gasteiger partial charge in [0.2, 0.25) is 5.91 Å². The maximum atomic E-state index is 13.0. The third-order valence-corrected chi connectivity index (χ3v) is 3.78. The first kappa shape index (κ1) is 16.4. The maximum absolute atomic E-state index is 13.0. The maximum Gasteiger partial charge on any atom is 0.418 e. The molecular formula is C17H12ClF3N2O. The Labute approximate surface area is 140 Å². The van der Waals surface area contributed by atoms with Crippen LogP contribution in [-0.2, 0) is 17.4 Å². The van der Waals surface area contributed by atoms with E-state index < -0.39 is 17.6 Å². The van der Waals surface area contributed by atoms with Gasteiger partial charge in [-0.2, -0.15) is 13.2 Å². The van der Waals surface area contributed by atoms with Gasteiger partial charge >= 0.3 is 6.18 Å². The predicted molar refractivity (Wildman–Crippen MR) is 87.1 cm³/mol. The van der Waals surface area contributed by atoms with Crippen LogP contribution >= 0.6 is 11.6 Å². The minimum Gasteiger partial charge on any atom is -0.361 e. The number of aromatic nitrogens is 1. The Morgan fingerprint density at radius 2 is 1.92 bits per heavy atom. The Bertz CT molecular complexity index is 902. The lowest BCUT2D eigenvalue weighted by Gasteiger charge is -2.14. The molecule has 1 amide bonds. The summed E-state index contributed by atoms with van der Waals surface area (Å²) < 4.78 is 39.1. The summed E-state index contributed by atoms with van der Waals surface area (Å²) in [6, 6.07) is 10.5. The standard InChI is InChI=1S/C17H12ClF3N2O/c18-12-3-4-14(13(9-12)17(19,20)21)23-16(24)8-10-1-2-11-5-6-22-15(11)7-10/h1-7,9,22H,8H2,(H,23,24). The molecule has 3 nitrogen and oxygen atoms in total. The van der Waals surface area contributed by atoms with Crippen LogP contribution in [0.5, 0.6) is 0 Å². The molecule has 2 aromatic carbocycles. The van der Waals surface area contributed by atoms with Crippen molar-refractivity contribution in [2.45, 2.75) is 12.6 Å². The van der Waals surface area contributed by atoms with Crippen LogP contribution in [0.15, 0.2) is 48.7 Å². The van der Waals surface area contributed by atoms with Crippen LogP contribution in [0.3, 0.4) is 0 Å². The first-order valence-corrected chi connectivity index (χ1v) is 7.43. The molecule has 24 heavy (non-hydrogen) atoms. The van der Waals surface area contributed by atoms with Crippen molar-refractivity contribution in [1.29, 1.82) is 0 Å². The fourth-order valence-corrected chi connectivity index (χ4v) is 2.62. The molecule has 1 heterocycles. The molecule has 1 aromatic heterocycles. The molecule has 0 atom stereocenters. The molecular weight excluding hydrogens is 341 g/mol. The van der Waals surface area contributed by atoms with Crippen molar-refractivity contribution >= 4 is 34.1 Å². The molecule has 0 radical (unpaired) electrons. The number of amides is 1. The van der Waals surface area contributed by atoms with Crippen LogP contribution < -0.4 is 5.32 Å². The fourth-order valence-electron chi connectivity index (χ4n) is 2.44. The van der Waals surface area contributed by atoms with E-state index in [1.165, 1.54) is 6.07 Å². The smallest absolute Gasteiger partial charge is 0.361 e. The van der Waals surface area contributed by atoms with Crippen molar-refractivity contribution < 1.29 is 18.0 Å².